The van der Waals surface area contributed by atoms with E-state index in [1.54, 1.807) is 0 Å². The molecule has 2 aromatic heterocycles. The highest BCUT2D eigenvalue weighted by Crippen LogP contribution is 2.41. The second-order valence-electron chi connectivity index (χ2n) is 8.52. The Morgan fingerprint density at radius 1 is 1.04 bits per heavy atom. The van der Waals surface area contributed by atoms with Gasteiger partial charge in [0.05, 0.1) is 0 Å². The number of carbonyl (C=O) groups excluding carboxylic acids is 1. The lowest BCUT2D eigenvalue weighted by molar-refractivity contribution is -0.138. The molecule has 0 radical (unpaired) electrons. The van der Waals surface area contributed by atoms with E-state index in [0.717, 1.165) is 63.3 Å². The molecular formula is C23H30N4O. The Hall–Kier alpha value is -2.43. The number of rotatable bonds is 4. The van der Waals surface area contributed by atoms with Gasteiger partial charge in [-0.3, -0.25) is 14.8 Å². The van der Waals surface area contributed by atoms with Crippen LogP contribution in [0.1, 0.15) is 42.6 Å². The minimum atomic E-state index is 0.291. The molecule has 1 amide bonds. The molecule has 2 aliphatic heterocycles. The first-order valence-electron chi connectivity index (χ1n) is 10.4. The summed E-state index contributed by atoms with van der Waals surface area (Å²) in [5.74, 6) is 0.322. The molecule has 4 heterocycles. The summed E-state index contributed by atoms with van der Waals surface area (Å²) < 4.78 is 0. The second-order valence-corrected chi connectivity index (χ2v) is 8.52. The van der Waals surface area contributed by atoms with E-state index < -0.39 is 0 Å². The van der Waals surface area contributed by atoms with Crippen LogP contribution in [0.5, 0.6) is 0 Å². The van der Waals surface area contributed by atoms with E-state index in [-0.39, 0.29) is 0 Å². The van der Waals surface area contributed by atoms with Crippen molar-refractivity contribution < 1.29 is 4.79 Å². The SMILES string of the molecule is Cc1cc(N2CCC3(CCC(=O)N(CCc4ccncc4)C3)CC2)cc(C)n1. The van der Waals surface area contributed by atoms with Crippen LogP contribution in [0.25, 0.3) is 0 Å². The zero-order valence-corrected chi connectivity index (χ0v) is 17.0. The zero-order valence-electron chi connectivity index (χ0n) is 17.0. The summed E-state index contributed by atoms with van der Waals surface area (Å²) in [7, 11) is 0. The zero-order chi connectivity index (χ0) is 19.6. The molecule has 0 aromatic carbocycles. The molecular weight excluding hydrogens is 348 g/mol. The van der Waals surface area contributed by atoms with Gasteiger partial charge in [0.1, 0.15) is 0 Å². The van der Waals surface area contributed by atoms with Crippen molar-refractivity contribution in [3.05, 3.63) is 53.6 Å². The Morgan fingerprint density at radius 2 is 1.71 bits per heavy atom. The predicted molar refractivity (Wildman–Crippen MR) is 111 cm³/mol. The standard InChI is InChI=1S/C23H30N4O/c1-18-15-21(16-19(2)25-18)26-13-8-23(9-14-26)7-3-22(28)27(17-23)12-6-20-4-10-24-11-5-20/h4-5,10-11,15-16H,3,6-9,12-14,17H2,1-2H3. The van der Waals surface area contributed by atoms with Crippen molar-refractivity contribution in [2.24, 2.45) is 5.41 Å². The molecule has 5 heteroatoms. The Morgan fingerprint density at radius 3 is 2.39 bits per heavy atom. The molecule has 0 aliphatic carbocycles. The number of aromatic nitrogens is 2. The molecule has 2 saturated heterocycles. The molecule has 0 bridgehead atoms. The maximum atomic E-state index is 12.5. The van der Waals surface area contributed by atoms with Crippen LogP contribution in [0.3, 0.4) is 0 Å². The number of hydrogen-bond acceptors (Lipinski definition) is 4. The van der Waals surface area contributed by atoms with Crippen LogP contribution >= 0.6 is 0 Å². The fourth-order valence-electron chi connectivity index (χ4n) is 4.76. The predicted octanol–water partition coefficient (Wildman–Crippen LogP) is 3.55. The highest BCUT2D eigenvalue weighted by molar-refractivity contribution is 5.77. The number of pyridine rings is 2. The molecule has 0 atom stereocenters. The second kappa shape index (κ2) is 7.90. The minimum Gasteiger partial charge on any atom is -0.371 e. The fraction of sp³-hybridized carbons (Fsp3) is 0.522. The van der Waals surface area contributed by atoms with Gasteiger partial charge in [0, 0.05) is 62.1 Å². The van der Waals surface area contributed by atoms with Crippen molar-refractivity contribution in [1.82, 2.24) is 14.9 Å². The number of amides is 1. The van der Waals surface area contributed by atoms with Gasteiger partial charge >= 0.3 is 0 Å². The molecule has 0 saturated carbocycles. The van der Waals surface area contributed by atoms with E-state index in [9.17, 15) is 4.79 Å². The molecule has 2 aromatic rings. The number of hydrogen-bond donors (Lipinski definition) is 0. The number of likely N-dealkylation sites (tertiary alicyclic amines) is 1. The molecule has 2 fully saturated rings. The summed E-state index contributed by atoms with van der Waals surface area (Å²) >= 11 is 0. The van der Waals surface area contributed by atoms with Gasteiger partial charge < -0.3 is 9.80 Å². The van der Waals surface area contributed by atoms with Crippen molar-refractivity contribution in [3.63, 3.8) is 0 Å². The van der Waals surface area contributed by atoms with Crippen LogP contribution < -0.4 is 4.90 Å². The number of anilines is 1. The summed E-state index contributed by atoms with van der Waals surface area (Å²) in [5.41, 5.74) is 5.00. The monoisotopic (exact) mass is 378 g/mol. The molecule has 2 aliphatic rings. The number of piperidine rings is 2. The smallest absolute Gasteiger partial charge is 0.222 e. The topological polar surface area (TPSA) is 49.3 Å². The summed E-state index contributed by atoms with van der Waals surface area (Å²) in [6.45, 7) is 7.99. The Bertz CT molecular complexity index is 808. The third-order valence-electron chi connectivity index (χ3n) is 6.42. The van der Waals surface area contributed by atoms with E-state index in [1.807, 2.05) is 24.5 Å². The Balaban J connectivity index is 1.38. The van der Waals surface area contributed by atoms with Crippen LogP contribution in [0.2, 0.25) is 0 Å². The van der Waals surface area contributed by atoms with Crippen LogP contribution in [-0.2, 0) is 11.2 Å². The number of nitrogens with zero attached hydrogens (tertiary/aromatic N) is 4. The van der Waals surface area contributed by atoms with Crippen LogP contribution in [0, 0.1) is 19.3 Å². The first kappa shape index (κ1) is 18.9. The first-order chi connectivity index (χ1) is 13.5. The summed E-state index contributed by atoms with van der Waals surface area (Å²) in [4.78, 5) is 25.7. The summed E-state index contributed by atoms with van der Waals surface area (Å²) in [6.07, 6.45) is 8.62. The number of carbonyl (C=O) groups is 1. The van der Waals surface area contributed by atoms with Crippen molar-refractivity contribution in [2.45, 2.75) is 46.0 Å². The number of aryl methyl sites for hydroxylation is 2. The van der Waals surface area contributed by atoms with E-state index >= 15 is 0 Å². The largest absolute Gasteiger partial charge is 0.371 e. The van der Waals surface area contributed by atoms with Gasteiger partial charge in [0.2, 0.25) is 5.91 Å². The normalized spacial score (nSPS) is 19.3. The molecule has 28 heavy (non-hydrogen) atoms. The molecule has 4 rings (SSSR count). The van der Waals surface area contributed by atoms with Crippen LogP contribution in [0.15, 0.2) is 36.7 Å². The molecule has 0 unspecified atom stereocenters. The fourth-order valence-corrected chi connectivity index (χ4v) is 4.76. The quantitative estimate of drug-likeness (QED) is 0.816. The lowest BCUT2D eigenvalue weighted by Gasteiger charge is -2.48. The average molecular weight is 379 g/mol. The lowest BCUT2D eigenvalue weighted by Crippen LogP contribution is -2.52. The summed E-state index contributed by atoms with van der Waals surface area (Å²) in [5, 5.41) is 0. The van der Waals surface area contributed by atoms with E-state index in [1.165, 1.54) is 11.3 Å². The highest BCUT2D eigenvalue weighted by atomic mass is 16.2. The third-order valence-corrected chi connectivity index (χ3v) is 6.42. The molecule has 0 N–H and O–H groups in total. The first-order valence-corrected chi connectivity index (χ1v) is 10.4. The average Bonchev–Trinajstić information content (AvgIpc) is 2.69. The maximum Gasteiger partial charge on any atom is 0.222 e. The van der Waals surface area contributed by atoms with Gasteiger partial charge in [0.25, 0.3) is 0 Å². The minimum absolute atomic E-state index is 0.291. The van der Waals surface area contributed by atoms with E-state index in [4.69, 9.17) is 0 Å². The molecule has 5 nitrogen and oxygen atoms in total. The third kappa shape index (κ3) is 4.18. The van der Waals surface area contributed by atoms with Gasteiger partial charge in [-0.05, 0) is 74.8 Å². The van der Waals surface area contributed by atoms with E-state index in [2.05, 4.69) is 45.7 Å². The van der Waals surface area contributed by atoms with Gasteiger partial charge in [-0.25, -0.2) is 0 Å². The van der Waals surface area contributed by atoms with Crippen LogP contribution in [0.4, 0.5) is 5.69 Å². The lowest BCUT2D eigenvalue weighted by atomic mass is 9.72. The van der Waals surface area contributed by atoms with Gasteiger partial charge in [0.15, 0.2) is 0 Å². The summed E-state index contributed by atoms with van der Waals surface area (Å²) in [6, 6.07) is 8.47. The molecule has 1 spiro atoms. The van der Waals surface area contributed by atoms with Crippen molar-refractivity contribution in [1.29, 1.82) is 0 Å². The van der Waals surface area contributed by atoms with E-state index in [0.29, 0.717) is 17.7 Å². The Labute approximate surface area is 167 Å². The van der Waals surface area contributed by atoms with Gasteiger partial charge in [-0.2, -0.15) is 0 Å². The Kier molecular flexibility index (Phi) is 5.33. The van der Waals surface area contributed by atoms with Crippen LogP contribution in [-0.4, -0.2) is 47.0 Å². The van der Waals surface area contributed by atoms with Gasteiger partial charge in [-0.1, -0.05) is 0 Å². The van der Waals surface area contributed by atoms with Crippen molar-refractivity contribution in [2.75, 3.05) is 31.1 Å². The van der Waals surface area contributed by atoms with Gasteiger partial charge in [-0.15, -0.1) is 0 Å². The van der Waals surface area contributed by atoms with Crippen molar-refractivity contribution in [3.8, 4) is 0 Å². The molecule has 148 valence electrons. The maximum absolute atomic E-state index is 12.5. The van der Waals surface area contributed by atoms with Crippen molar-refractivity contribution >= 4 is 11.6 Å². The highest BCUT2D eigenvalue weighted by Gasteiger charge is 2.40.